The summed E-state index contributed by atoms with van der Waals surface area (Å²) in [6.07, 6.45) is 0. The Labute approximate surface area is 388 Å². The fourth-order valence-corrected chi connectivity index (χ4v) is 11.4. The molecule has 4 heteroatoms. The van der Waals surface area contributed by atoms with E-state index < -0.39 is 5.41 Å². The van der Waals surface area contributed by atoms with Crippen LogP contribution >= 0.6 is 0 Å². The van der Waals surface area contributed by atoms with Crippen LogP contribution in [0.1, 0.15) is 33.4 Å². The van der Waals surface area contributed by atoms with Crippen molar-refractivity contribution in [3.8, 4) is 34.4 Å². The van der Waals surface area contributed by atoms with Crippen LogP contribution in [0.3, 0.4) is 0 Å². The van der Waals surface area contributed by atoms with Gasteiger partial charge in [-0.05, 0) is 127 Å². The molecule has 0 saturated carbocycles. The first-order chi connectivity index (χ1) is 33.2. The molecule has 67 heavy (non-hydrogen) atoms. The normalized spacial score (nSPS) is 14.0. The third kappa shape index (κ3) is 5.51. The van der Waals surface area contributed by atoms with Gasteiger partial charge in [0.2, 0.25) is 0 Å². The molecule has 0 fully saturated rings. The van der Waals surface area contributed by atoms with Crippen LogP contribution in [-0.2, 0) is 5.41 Å². The highest BCUT2D eigenvalue weighted by Crippen LogP contribution is 2.63. The molecule has 11 aromatic rings. The molecule has 4 nitrogen and oxygen atoms in total. The van der Waals surface area contributed by atoms with Crippen molar-refractivity contribution in [3.05, 3.63) is 264 Å². The van der Waals surface area contributed by atoms with Crippen LogP contribution in [-0.4, -0.2) is 0 Å². The van der Waals surface area contributed by atoms with Crippen molar-refractivity contribution in [1.29, 1.82) is 10.5 Å². The number of anilines is 6. The molecule has 0 heterocycles. The number of fused-ring (bicyclic) bond motifs is 11. The van der Waals surface area contributed by atoms with Crippen molar-refractivity contribution in [2.24, 2.45) is 0 Å². The zero-order valence-electron chi connectivity index (χ0n) is 36.2. The summed E-state index contributed by atoms with van der Waals surface area (Å²) in [6.45, 7) is 0. The second-order valence-electron chi connectivity index (χ2n) is 17.4. The summed E-state index contributed by atoms with van der Waals surface area (Å²) in [6, 6.07) is 86.8. The molecule has 0 aromatic heterocycles. The molecule has 0 amide bonds. The van der Waals surface area contributed by atoms with Crippen LogP contribution in [0.5, 0.6) is 0 Å². The lowest BCUT2D eigenvalue weighted by atomic mass is 9.61. The molecule has 1 spiro atoms. The first-order valence-corrected chi connectivity index (χ1v) is 22.6. The molecule has 0 bridgehead atoms. The highest BCUT2D eigenvalue weighted by Gasteiger charge is 2.50. The van der Waals surface area contributed by atoms with E-state index in [1.165, 1.54) is 44.2 Å². The van der Waals surface area contributed by atoms with Gasteiger partial charge in [-0.3, -0.25) is 0 Å². The Hall–Kier alpha value is -9.22. The number of benzene rings is 11. The summed E-state index contributed by atoms with van der Waals surface area (Å²) in [7, 11) is 0. The molecular weight excluding hydrogens is 813 g/mol. The minimum Gasteiger partial charge on any atom is -0.309 e. The molecule has 1 atom stereocenters. The van der Waals surface area contributed by atoms with Gasteiger partial charge in [0, 0.05) is 22.1 Å². The van der Waals surface area contributed by atoms with Gasteiger partial charge in [0.05, 0.1) is 39.3 Å². The maximum absolute atomic E-state index is 10.7. The van der Waals surface area contributed by atoms with Gasteiger partial charge in [0.15, 0.2) is 0 Å². The van der Waals surface area contributed by atoms with Gasteiger partial charge in [-0.1, -0.05) is 170 Å². The lowest BCUT2D eigenvalue weighted by molar-refractivity contribution is 0.773. The van der Waals surface area contributed by atoms with Crippen molar-refractivity contribution in [2.75, 3.05) is 9.80 Å². The number of rotatable bonds is 6. The number of hydrogen-bond donors (Lipinski definition) is 0. The first-order valence-electron chi connectivity index (χ1n) is 22.6. The van der Waals surface area contributed by atoms with Crippen molar-refractivity contribution in [3.63, 3.8) is 0 Å². The van der Waals surface area contributed by atoms with Gasteiger partial charge in [0.25, 0.3) is 0 Å². The number of nitriles is 2. The Morgan fingerprint density at radius 1 is 0.313 bits per heavy atom. The van der Waals surface area contributed by atoms with Gasteiger partial charge in [-0.2, -0.15) is 10.5 Å². The zero-order chi connectivity index (χ0) is 44.6. The average Bonchev–Trinajstić information content (AvgIpc) is 3.68. The molecule has 2 aliphatic carbocycles. The van der Waals surface area contributed by atoms with Crippen molar-refractivity contribution in [1.82, 2.24) is 0 Å². The molecule has 13 rings (SSSR count). The molecular formula is C63H38N4. The topological polar surface area (TPSA) is 54.1 Å². The second-order valence-corrected chi connectivity index (χ2v) is 17.4. The third-order valence-electron chi connectivity index (χ3n) is 14.1. The highest BCUT2D eigenvalue weighted by molar-refractivity contribution is 6.09. The number of para-hydroxylation sites is 2. The highest BCUT2D eigenvalue weighted by atomic mass is 15.2. The summed E-state index contributed by atoms with van der Waals surface area (Å²) >= 11 is 0. The quantitative estimate of drug-likeness (QED) is 0.167. The largest absolute Gasteiger partial charge is 0.309 e. The number of nitrogens with zero attached hydrogens (tertiary/aromatic N) is 4. The van der Waals surface area contributed by atoms with E-state index in [9.17, 15) is 10.5 Å². The molecule has 0 aliphatic heterocycles. The van der Waals surface area contributed by atoms with Gasteiger partial charge in [0.1, 0.15) is 12.1 Å². The van der Waals surface area contributed by atoms with Crippen molar-refractivity contribution >= 4 is 66.4 Å². The monoisotopic (exact) mass is 850 g/mol. The number of hydrogen-bond acceptors (Lipinski definition) is 4. The molecule has 0 saturated heterocycles. The average molecular weight is 851 g/mol. The van der Waals surface area contributed by atoms with Crippen LogP contribution < -0.4 is 9.80 Å². The molecule has 0 radical (unpaired) electrons. The molecule has 1 unspecified atom stereocenters. The predicted molar refractivity (Wildman–Crippen MR) is 274 cm³/mol. The maximum Gasteiger partial charge on any atom is 0.101 e. The Morgan fingerprint density at radius 3 is 1.31 bits per heavy atom. The molecule has 0 N–H and O–H groups in total. The molecule has 11 aromatic carbocycles. The van der Waals surface area contributed by atoms with E-state index in [1.54, 1.807) is 0 Å². The SMILES string of the molecule is N#Cc1ccccc1N(c1ccc2c(c1)C1(c3ccccc3-2)c2cc(N(c3ccccc3C#N)c3cccc4ccccc34)ccc2-c2cccc3cccc1c23)c1cccc2ccccc12. The van der Waals surface area contributed by atoms with Crippen molar-refractivity contribution in [2.45, 2.75) is 5.41 Å². The molecule has 310 valence electrons. The van der Waals surface area contributed by atoms with Crippen LogP contribution in [0, 0.1) is 22.7 Å². The summed E-state index contributed by atoms with van der Waals surface area (Å²) in [5.74, 6) is 0. The Kier molecular flexibility index (Phi) is 8.52. The summed E-state index contributed by atoms with van der Waals surface area (Å²) in [5, 5.41) is 28.2. The smallest absolute Gasteiger partial charge is 0.101 e. The first kappa shape index (κ1) is 38.3. The minimum atomic E-state index is -0.778. The van der Waals surface area contributed by atoms with E-state index in [-0.39, 0.29) is 0 Å². The fourth-order valence-electron chi connectivity index (χ4n) is 11.4. The van der Waals surface area contributed by atoms with E-state index in [2.05, 4.69) is 216 Å². The van der Waals surface area contributed by atoms with Gasteiger partial charge < -0.3 is 9.80 Å². The van der Waals surface area contributed by atoms with Crippen LogP contribution in [0.25, 0.3) is 54.6 Å². The predicted octanol–water partition coefficient (Wildman–Crippen LogP) is 16.2. The van der Waals surface area contributed by atoms with Gasteiger partial charge in [-0.15, -0.1) is 0 Å². The summed E-state index contributed by atoms with van der Waals surface area (Å²) in [5.41, 5.74) is 15.4. The standard InChI is InChI=1S/C63H38N4/c64-39-44-17-3-9-29-58(44)66(60-31-13-19-41-15-1-5-23-48(41)60)46-33-35-51-50-25-7-8-27-54(50)63(56(51)37-46)55-28-12-22-43-21-11-26-53(62(43)55)52-36-34-47(38-57(52)63)67(59-30-10-4-18-45(59)40-65)61-32-14-20-42-16-2-6-24-49(42)61/h1-38H. The minimum absolute atomic E-state index is 0.588. The van der Waals surface area contributed by atoms with Gasteiger partial charge in [-0.25, -0.2) is 0 Å². The maximum atomic E-state index is 10.7. The fraction of sp³-hybridized carbons (Fsp3) is 0.0159. The van der Waals surface area contributed by atoms with Crippen LogP contribution in [0.4, 0.5) is 34.1 Å². The van der Waals surface area contributed by atoms with Gasteiger partial charge >= 0.3 is 0 Å². The van der Waals surface area contributed by atoms with E-state index in [4.69, 9.17) is 0 Å². The Bertz CT molecular complexity index is 3930. The van der Waals surface area contributed by atoms with E-state index in [0.29, 0.717) is 11.1 Å². The van der Waals surface area contributed by atoms with E-state index in [1.807, 2.05) is 36.4 Å². The Morgan fingerprint density at radius 2 is 0.716 bits per heavy atom. The lowest BCUT2D eigenvalue weighted by Crippen LogP contribution is -2.32. The van der Waals surface area contributed by atoms with Crippen LogP contribution in [0.15, 0.2) is 231 Å². The molecule has 2 aliphatic rings. The zero-order valence-corrected chi connectivity index (χ0v) is 36.2. The summed E-state index contributed by atoms with van der Waals surface area (Å²) in [4.78, 5) is 4.54. The Balaban J connectivity index is 1.15. The lowest BCUT2D eigenvalue weighted by Gasteiger charge is -2.41. The second kappa shape index (κ2) is 14.9. The third-order valence-corrected chi connectivity index (χ3v) is 14.1. The summed E-state index contributed by atoms with van der Waals surface area (Å²) < 4.78 is 0. The van der Waals surface area contributed by atoms with E-state index >= 15 is 0 Å². The van der Waals surface area contributed by atoms with Crippen molar-refractivity contribution < 1.29 is 0 Å². The van der Waals surface area contributed by atoms with Crippen LogP contribution in [0.2, 0.25) is 0 Å². The van der Waals surface area contributed by atoms with E-state index in [0.717, 1.165) is 66.8 Å².